The lowest BCUT2D eigenvalue weighted by Crippen LogP contribution is -1.84. The lowest BCUT2D eigenvalue weighted by atomic mass is 9.98. The Labute approximate surface area is 124 Å². The summed E-state index contributed by atoms with van der Waals surface area (Å²) in [7, 11) is 0. The number of fused-ring (bicyclic) bond motifs is 3. The van der Waals surface area contributed by atoms with Crippen LogP contribution in [-0.4, -0.2) is 4.98 Å². The van der Waals surface area contributed by atoms with Crippen LogP contribution in [0.25, 0.3) is 32.9 Å². The summed E-state index contributed by atoms with van der Waals surface area (Å²) in [4.78, 5) is 3.58. The molecule has 0 saturated carbocycles. The van der Waals surface area contributed by atoms with Crippen molar-refractivity contribution < 1.29 is 0 Å². The Morgan fingerprint density at radius 2 is 1.43 bits per heavy atom. The minimum Gasteiger partial charge on any atom is -0.354 e. The van der Waals surface area contributed by atoms with E-state index in [4.69, 9.17) is 0 Å². The van der Waals surface area contributed by atoms with Crippen molar-refractivity contribution in [1.82, 2.24) is 4.98 Å². The van der Waals surface area contributed by atoms with E-state index < -0.39 is 0 Å². The molecule has 0 radical (unpaired) electrons. The van der Waals surface area contributed by atoms with Gasteiger partial charge in [0.15, 0.2) is 0 Å². The van der Waals surface area contributed by atoms with Crippen molar-refractivity contribution in [3.63, 3.8) is 0 Å². The molecule has 4 rings (SSSR count). The predicted molar refractivity (Wildman–Crippen MR) is 90.7 cm³/mol. The fraction of sp³-hybridized carbons (Fsp3) is 0.100. The third-order valence-electron chi connectivity index (χ3n) is 4.07. The van der Waals surface area contributed by atoms with Gasteiger partial charge in [-0.25, -0.2) is 0 Å². The van der Waals surface area contributed by atoms with Gasteiger partial charge in [0.05, 0.1) is 5.52 Å². The van der Waals surface area contributed by atoms with E-state index >= 15 is 0 Å². The first-order chi connectivity index (χ1) is 10.2. The van der Waals surface area contributed by atoms with Gasteiger partial charge in [-0.2, -0.15) is 0 Å². The van der Waals surface area contributed by atoms with Gasteiger partial charge >= 0.3 is 0 Å². The average molecular weight is 271 g/mol. The van der Waals surface area contributed by atoms with Crippen molar-refractivity contribution in [1.29, 1.82) is 0 Å². The number of aryl methyl sites for hydroxylation is 2. The van der Waals surface area contributed by atoms with Crippen molar-refractivity contribution in [2.24, 2.45) is 0 Å². The maximum absolute atomic E-state index is 3.58. The average Bonchev–Trinajstić information content (AvgIpc) is 2.84. The number of rotatable bonds is 1. The molecule has 1 heteroatoms. The molecule has 0 unspecified atom stereocenters. The van der Waals surface area contributed by atoms with Crippen LogP contribution in [0.1, 0.15) is 11.1 Å². The van der Waals surface area contributed by atoms with Crippen LogP contribution in [-0.2, 0) is 0 Å². The number of H-pyrrole nitrogens is 1. The van der Waals surface area contributed by atoms with Crippen molar-refractivity contribution in [3.05, 3.63) is 71.8 Å². The van der Waals surface area contributed by atoms with Crippen molar-refractivity contribution >= 4 is 21.8 Å². The molecule has 102 valence electrons. The molecule has 0 bridgehead atoms. The number of hydrogen-bond donors (Lipinski definition) is 1. The molecule has 1 N–H and O–H groups in total. The minimum absolute atomic E-state index is 1.20. The molecular formula is C20H17N. The summed E-state index contributed by atoms with van der Waals surface area (Å²) in [6.07, 6.45) is 0. The number of para-hydroxylation sites is 2. The van der Waals surface area contributed by atoms with Crippen LogP contribution in [0.15, 0.2) is 60.7 Å². The number of aromatic amines is 1. The van der Waals surface area contributed by atoms with Crippen molar-refractivity contribution in [2.75, 3.05) is 0 Å². The Kier molecular flexibility index (Phi) is 2.61. The van der Waals surface area contributed by atoms with Gasteiger partial charge in [-0.05, 0) is 25.5 Å². The summed E-state index contributed by atoms with van der Waals surface area (Å²) in [6.45, 7) is 4.31. The molecule has 0 fully saturated rings. The molecule has 0 amide bonds. The Morgan fingerprint density at radius 3 is 2.24 bits per heavy atom. The molecule has 1 aromatic heterocycles. The number of benzene rings is 3. The SMILES string of the molecule is Cc1cc(C)cc(-c2cccc3c2[nH]c2ccccc23)c1. The molecule has 21 heavy (non-hydrogen) atoms. The van der Waals surface area contributed by atoms with Crippen LogP contribution in [0.3, 0.4) is 0 Å². The summed E-state index contributed by atoms with van der Waals surface area (Å²) in [5.74, 6) is 0. The topological polar surface area (TPSA) is 15.8 Å². The first-order valence-electron chi connectivity index (χ1n) is 7.30. The zero-order valence-corrected chi connectivity index (χ0v) is 12.3. The Morgan fingerprint density at radius 1 is 0.714 bits per heavy atom. The van der Waals surface area contributed by atoms with Crippen LogP contribution in [0, 0.1) is 13.8 Å². The quantitative estimate of drug-likeness (QED) is 0.463. The van der Waals surface area contributed by atoms with E-state index in [0.29, 0.717) is 0 Å². The fourth-order valence-electron chi connectivity index (χ4n) is 3.24. The molecule has 0 aliphatic heterocycles. The van der Waals surface area contributed by atoms with Gasteiger partial charge in [0.25, 0.3) is 0 Å². The Hall–Kier alpha value is -2.54. The van der Waals surface area contributed by atoms with Crippen LogP contribution in [0.2, 0.25) is 0 Å². The highest BCUT2D eigenvalue weighted by Gasteiger charge is 2.09. The summed E-state index contributed by atoms with van der Waals surface area (Å²) >= 11 is 0. The van der Waals surface area contributed by atoms with E-state index in [-0.39, 0.29) is 0 Å². The van der Waals surface area contributed by atoms with Gasteiger partial charge in [-0.3, -0.25) is 0 Å². The van der Waals surface area contributed by atoms with Crippen molar-refractivity contribution in [3.8, 4) is 11.1 Å². The fourth-order valence-corrected chi connectivity index (χ4v) is 3.24. The van der Waals surface area contributed by atoms with Gasteiger partial charge in [-0.1, -0.05) is 65.7 Å². The predicted octanol–water partition coefficient (Wildman–Crippen LogP) is 5.60. The Bertz CT molecular complexity index is 940. The highest BCUT2D eigenvalue weighted by atomic mass is 14.7. The summed E-state index contributed by atoms with van der Waals surface area (Å²) in [6, 6.07) is 21.8. The van der Waals surface area contributed by atoms with Crippen LogP contribution < -0.4 is 0 Å². The molecule has 0 spiro atoms. The third-order valence-corrected chi connectivity index (χ3v) is 4.07. The molecule has 0 atom stereocenters. The molecule has 0 aliphatic rings. The van der Waals surface area contributed by atoms with Gasteiger partial charge in [0.1, 0.15) is 0 Å². The van der Waals surface area contributed by atoms with E-state index in [9.17, 15) is 0 Å². The molecule has 4 aromatic rings. The number of hydrogen-bond acceptors (Lipinski definition) is 0. The smallest absolute Gasteiger partial charge is 0.0544 e. The van der Waals surface area contributed by atoms with E-state index in [0.717, 1.165) is 0 Å². The van der Waals surface area contributed by atoms with Crippen LogP contribution in [0.4, 0.5) is 0 Å². The molecular weight excluding hydrogens is 254 g/mol. The highest BCUT2D eigenvalue weighted by molar-refractivity contribution is 6.11. The second-order valence-corrected chi connectivity index (χ2v) is 5.78. The summed E-state index contributed by atoms with van der Waals surface area (Å²) < 4.78 is 0. The van der Waals surface area contributed by atoms with Gasteiger partial charge in [0.2, 0.25) is 0 Å². The minimum atomic E-state index is 1.20. The normalized spacial score (nSPS) is 11.3. The van der Waals surface area contributed by atoms with Gasteiger partial charge < -0.3 is 4.98 Å². The third kappa shape index (κ3) is 1.93. The second kappa shape index (κ2) is 4.49. The first-order valence-corrected chi connectivity index (χ1v) is 7.30. The Balaban J connectivity index is 2.09. The lowest BCUT2D eigenvalue weighted by molar-refractivity contribution is 1.38. The van der Waals surface area contributed by atoms with E-state index in [1.54, 1.807) is 0 Å². The molecule has 3 aromatic carbocycles. The zero-order valence-electron chi connectivity index (χ0n) is 12.3. The largest absolute Gasteiger partial charge is 0.354 e. The second-order valence-electron chi connectivity index (χ2n) is 5.78. The number of nitrogens with one attached hydrogen (secondary N) is 1. The van der Waals surface area contributed by atoms with Gasteiger partial charge in [0, 0.05) is 21.9 Å². The monoisotopic (exact) mass is 271 g/mol. The van der Waals surface area contributed by atoms with Crippen molar-refractivity contribution in [2.45, 2.75) is 13.8 Å². The molecule has 0 saturated heterocycles. The first kappa shape index (κ1) is 12.2. The molecule has 0 aliphatic carbocycles. The molecule has 1 heterocycles. The lowest BCUT2D eigenvalue weighted by Gasteiger charge is -2.07. The summed E-state index contributed by atoms with van der Waals surface area (Å²) in [5.41, 5.74) is 7.59. The zero-order chi connectivity index (χ0) is 14.4. The van der Waals surface area contributed by atoms with Gasteiger partial charge in [-0.15, -0.1) is 0 Å². The van der Waals surface area contributed by atoms with Crippen LogP contribution in [0.5, 0.6) is 0 Å². The van der Waals surface area contributed by atoms with E-state index in [1.165, 1.54) is 44.1 Å². The van der Waals surface area contributed by atoms with Crippen LogP contribution >= 0.6 is 0 Å². The standard InChI is InChI=1S/C20H17N/c1-13-10-14(2)12-15(11-13)16-7-5-8-18-17-6-3-4-9-19(17)21-20(16)18/h3-12,21H,1-2H3. The number of aromatic nitrogens is 1. The maximum atomic E-state index is 3.58. The van der Waals surface area contributed by atoms with E-state index in [1.807, 2.05) is 0 Å². The molecule has 1 nitrogen and oxygen atoms in total. The van der Waals surface area contributed by atoms with E-state index in [2.05, 4.69) is 79.5 Å². The summed E-state index contributed by atoms with van der Waals surface area (Å²) in [5, 5.41) is 2.58. The highest BCUT2D eigenvalue weighted by Crippen LogP contribution is 2.33. The maximum Gasteiger partial charge on any atom is 0.0544 e.